The van der Waals surface area contributed by atoms with E-state index in [1.54, 1.807) is 0 Å². The van der Waals surface area contributed by atoms with Crippen LogP contribution >= 0.6 is 15.9 Å². The Morgan fingerprint density at radius 3 is 2.67 bits per heavy atom. The van der Waals surface area contributed by atoms with E-state index in [2.05, 4.69) is 15.9 Å². The summed E-state index contributed by atoms with van der Waals surface area (Å²) in [4.78, 5) is 11.1. The van der Waals surface area contributed by atoms with E-state index in [4.69, 9.17) is 14.6 Å². The lowest BCUT2D eigenvalue weighted by Crippen LogP contribution is -2.29. The molecule has 1 rings (SSSR count). The molecule has 0 aromatic heterocycles. The number of rotatable bonds is 8. The third-order valence-electron chi connectivity index (χ3n) is 2.91. The van der Waals surface area contributed by atoms with Crippen LogP contribution in [0.5, 0.6) is 5.75 Å². The van der Waals surface area contributed by atoms with E-state index in [9.17, 15) is 13.6 Å². The molecular formula is C14H17BrF2O4. The average molecular weight is 367 g/mol. The van der Waals surface area contributed by atoms with Crippen LogP contribution in [0.4, 0.5) is 8.78 Å². The van der Waals surface area contributed by atoms with Gasteiger partial charge in [0, 0.05) is 24.4 Å². The summed E-state index contributed by atoms with van der Waals surface area (Å²) in [5.74, 6) is -4.45. The summed E-state index contributed by atoms with van der Waals surface area (Å²) >= 11 is 3.13. The number of methoxy groups -OCH3 is 1. The summed E-state index contributed by atoms with van der Waals surface area (Å²) in [6.07, 6.45) is -1.58. The van der Waals surface area contributed by atoms with Gasteiger partial charge in [0.2, 0.25) is 0 Å². The number of carboxylic acid groups (broad SMARTS) is 1. The third-order valence-corrected chi connectivity index (χ3v) is 3.40. The fraction of sp³-hybridized carbons (Fsp3) is 0.500. The van der Waals surface area contributed by atoms with E-state index in [-0.39, 0.29) is 24.3 Å². The van der Waals surface area contributed by atoms with Gasteiger partial charge in [-0.25, -0.2) is 13.6 Å². The minimum Gasteiger partial charge on any atom is -0.479 e. The second-order valence-corrected chi connectivity index (χ2v) is 5.34. The van der Waals surface area contributed by atoms with Crippen molar-refractivity contribution in [2.75, 3.05) is 13.7 Å². The van der Waals surface area contributed by atoms with Crippen molar-refractivity contribution in [1.29, 1.82) is 0 Å². The van der Waals surface area contributed by atoms with Crippen LogP contribution < -0.4 is 4.74 Å². The Hall–Kier alpha value is -1.21. The number of benzene rings is 1. The molecule has 21 heavy (non-hydrogen) atoms. The van der Waals surface area contributed by atoms with Crippen LogP contribution in [0.15, 0.2) is 22.7 Å². The van der Waals surface area contributed by atoms with Crippen molar-refractivity contribution in [2.24, 2.45) is 0 Å². The lowest BCUT2D eigenvalue weighted by Gasteiger charge is -2.22. The Morgan fingerprint density at radius 2 is 2.14 bits per heavy atom. The zero-order valence-corrected chi connectivity index (χ0v) is 13.3. The SMILES string of the molecule is CCC(F)(F)c1cc(Br)ccc1O[C@@H](CCOC)C(=O)O. The molecule has 118 valence electrons. The number of carbonyl (C=O) groups is 1. The van der Waals surface area contributed by atoms with Gasteiger partial charge in [0.15, 0.2) is 6.10 Å². The van der Waals surface area contributed by atoms with E-state index < -0.39 is 24.4 Å². The number of ether oxygens (including phenoxy) is 2. The zero-order chi connectivity index (χ0) is 16.0. The Balaban J connectivity index is 3.08. The fourth-order valence-electron chi connectivity index (χ4n) is 1.69. The number of hydrogen-bond acceptors (Lipinski definition) is 3. The van der Waals surface area contributed by atoms with Gasteiger partial charge in [0.25, 0.3) is 5.92 Å². The fourth-order valence-corrected chi connectivity index (χ4v) is 2.05. The molecule has 0 unspecified atom stereocenters. The highest BCUT2D eigenvalue weighted by atomic mass is 79.9. The molecule has 0 spiro atoms. The molecule has 1 atom stereocenters. The number of alkyl halides is 2. The summed E-state index contributed by atoms with van der Waals surface area (Å²) in [5.41, 5.74) is -0.331. The normalized spacial score (nSPS) is 13.0. The maximum atomic E-state index is 14.0. The van der Waals surface area contributed by atoms with E-state index in [0.29, 0.717) is 4.47 Å². The molecule has 0 aliphatic carbocycles. The van der Waals surface area contributed by atoms with Crippen LogP contribution in [0.2, 0.25) is 0 Å². The van der Waals surface area contributed by atoms with Gasteiger partial charge < -0.3 is 14.6 Å². The van der Waals surface area contributed by atoms with Crippen LogP contribution in [-0.2, 0) is 15.5 Å². The standard InChI is InChI=1S/C14H17BrF2O4/c1-3-14(16,17)10-8-9(15)4-5-11(10)21-12(13(18)19)6-7-20-2/h4-5,8,12H,3,6-7H2,1-2H3,(H,18,19)/t12-/m0/s1. The minimum atomic E-state index is -3.09. The first-order valence-electron chi connectivity index (χ1n) is 6.38. The third kappa shape index (κ3) is 4.93. The van der Waals surface area contributed by atoms with Crippen LogP contribution in [0.25, 0.3) is 0 Å². The smallest absolute Gasteiger partial charge is 0.344 e. The molecule has 0 aliphatic rings. The molecule has 4 nitrogen and oxygen atoms in total. The highest BCUT2D eigenvalue weighted by molar-refractivity contribution is 9.10. The topological polar surface area (TPSA) is 55.8 Å². The molecular weight excluding hydrogens is 350 g/mol. The van der Waals surface area contributed by atoms with E-state index in [1.165, 1.54) is 32.2 Å². The van der Waals surface area contributed by atoms with Gasteiger partial charge in [-0.1, -0.05) is 22.9 Å². The molecule has 1 N–H and O–H groups in total. The highest BCUT2D eigenvalue weighted by Crippen LogP contribution is 2.39. The summed E-state index contributed by atoms with van der Waals surface area (Å²) in [7, 11) is 1.43. The summed E-state index contributed by atoms with van der Waals surface area (Å²) in [6, 6.07) is 4.11. The summed E-state index contributed by atoms with van der Waals surface area (Å²) in [6.45, 7) is 1.51. The largest absolute Gasteiger partial charge is 0.479 e. The first-order chi connectivity index (χ1) is 9.81. The molecule has 0 amide bonds. The molecule has 1 aromatic rings. The quantitative estimate of drug-likeness (QED) is 0.759. The molecule has 0 bridgehead atoms. The lowest BCUT2D eigenvalue weighted by atomic mass is 10.0. The summed E-state index contributed by atoms with van der Waals surface area (Å²) < 4.78 is 38.5. The molecule has 0 radical (unpaired) electrons. The van der Waals surface area contributed by atoms with Crippen molar-refractivity contribution < 1.29 is 28.2 Å². The second-order valence-electron chi connectivity index (χ2n) is 4.42. The zero-order valence-electron chi connectivity index (χ0n) is 11.7. The van der Waals surface area contributed by atoms with Crippen LogP contribution in [-0.4, -0.2) is 30.9 Å². The lowest BCUT2D eigenvalue weighted by molar-refractivity contribution is -0.146. The summed E-state index contributed by atoms with van der Waals surface area (Å²) in [5, 5.41) is 9.09. The predicted molar refractivity (Wildman–Crippen MR) is 76.9 cm³/mol. The molecule has 0 heterocycles. The predicted octanol–water partition coefficient (Wildman–Crippen LogP) is 3.82. The number of carboxylic acids is 1. The van der Waals surface area contributed by atoms with E-state index in [0.717, 1.165) is 0 Å². The number of aliphatic carboxylic acids is 1. The molecule has 0 aliphatic heterocycles. The Morgan fingerprint density at radius 1 is 1.48 bits per heavy atom. The Kier molecular flexibility index (Phi) is 6.54. The van der Waals surface area contributed by atoms with Crippen molar-refractivity contribution in [3.05, 3.63) is 28.2 Å². The van der Waals surface area contributed by atoms with Gasteiger partial charge >= 0.3 is 5.97 Å². The molecule has 0 fully saturated rings. The molecule has 1 aromatic carbocycles. The average Bonchev–Trinajstić information content (AvgIpc) is 2.44. The van der Waals surface area contributed by atoms with Gasteiger partial charge in [0.1, 0.15) is 5.75 Å². The van der Waals surface area contributed by atoms with Crippen LogP contribution in [0, 0.1) is 0 Å². The second kappa shape index (κ2) is 7.70. The van der Waals surface area contributed by atoms with Gasteiger partial charge in [-0.2, -0.15) is 0 Å². The number of halogens is 3. The van der Waals surface area contributed by atoms with Crippen molar-refractivity contribution in [2.45, 2.75) is 31.8 Å². The molecule has 0 saturated carbocycles. The van der Waals surface area contributed by atoms with Crippen molar-refractivity contribution in [3.8, 4) is 5.75 Å². The van der Waals surface area contributed by atoms with Crippen LogP contribution in [0.3, 0.4) is 0 Å². The monoisotopic (exact) mass is 366 g/mol. The highest BCUT2D eigenvalue weighted by Gasteiger charge is 2.34. The first kappa shape index (κ1) is 17.8. The molecule has 0 saturated heterocycles. The van der Waals surface area contributed by atoms with E-state index >= 15 is 0 Å². The van der Waals surface area contributed by atoms with Crippen molar-refractivity contribution in [1.82, 2.24) is 0 Å². The van der Waals surface area contributed by atoms with Gasteiger partial charge in [-0.3, -0.25) is 0 Å². The number of hydrogen-bond donors (Lipinski definition) is 1. The molecule has 7 heteroatoms. The van der Waals surface area contributed by atoms with Crippen LogP contribution in [0.1, 0.15) is 25.3 Å². The van der Waals surface area contributed by atoms with E-state index in [1.807, 2.05) is 0 Å². The van der Waals surface area contributed by atoms with Crippen molar-refractivity contribution in [3.63, 3.8) is 0 Å². The minimum absolute atomic E-state index is 0.0685. The van der Waals surface area contributed by atoms with Crippen molar-refractivity contribution >= 4 is 21.9 Å². The Labute approximate surface area is 130 Å². The Bertz CT molecular complexity index is 494. The van der Waals surface area contributed by atoms with Gasteiger partial charge in [0.05, 0.1) is 12.2 Å². The first-order valence-corrected chi connectivity index (χ1v) is 7.17. The maximum absolute atomic E-state index is 14.0. The van der Waals surface area contributed by atoms with Gasteiger partial charge in [-0.05, 0) is 18.2 Å². The van der Waals surface area contributed by atoms with Gasteiger partial charge in [-0.15, -0.1) is 0 Å². The maximum Gasteiger partial charge on any atom is 0.344 e.